The van der Waals surface area contributed by atoms with Gasteiger partial charge in [-0.3, -0.25) is 0 Å². The quantitative estimate of drug-likeness (QED) is 0.855. The molecular formula is C10H12N4S. The molecule has 0 saturated heterocycles. The summed E-state index contributed by atoms with van der Waals surface area (Å²) in [6, 6.07) is 1.96. The Morgan fingerprint density at radius 3 is 3.00 bits per heavy atom. The standard InChI is InChI=1S/C10H12N4S/c1-2-11-9-5-8(13-7-14-9)6-10-12-3-4-15-10/h3-5,7H,2,6H2,1H3,(H,11,13,14). The van der Waals surface area contributed by atoms with Crippen LogP contribution in [0.25, 0.3) is 0 Å². The van der Waals surface area contributed by atoms with Gasteiger partial charge >= 0.3 is 0 Å². The first kappa shape index (κ1) is 10.0. The summed E-state index contributed by atoms with van der Waals surface area (Å²) in [5.41, 5.74) is 0.996. The number of aromatic nitrogens is 3. The second kappa shape index (κ2) is 4.84. The van der Waals surface area contributed by atoms with Crippen molar-refractivity contribution in [3.05, 3.63) is 34.7 Å². The summed E-state index contributed by atoms with van der Waals surface area (Å²) in [7, 11) is 0. The molecule has 0 radical (unpaired) electrons. The van der Waals surface area contributed by atoms with Crippen molar-refractivity contribution in [3.8, 4) is 0 Å². The first-order chi connectivity index (χ1) is 7.38. The second-order valence-electron chi connectivity index (χ2n) is 3.03. The predicted molar refractivity (Wildman–Crippen MR) is 61.1 cm³/mol. The van der Waals surface area contributed by atoms with Crippen molar-refractivity contribution >= 4 is 17.2 Å². The van der Waals surface area contributed by atoms with Crippen LogP contribution in [0, 0.1) is 0 Å². The molecule has 2 aromatic rings. The number of hydrogen-bond acceptors (Lipinski definition) is 5. The van der Waals surface area contributed by atoms with Gasteiger partial charge < -0.3 is 5.32 Å². The molecule has 0 bridgehead atoms. The summed E-state index contributed by atoms with van der Waals surface area (Å²) >= 11 is 1.65. The van der Waals surface area contributed by atoms with E-state index in [-0.39, 0.29) is 0 Å². The average Bonchev–Trinajstić information content (AvgIpc) is 2.71. The minimum absolute atomic E-state index is 0.776. The van der Waals surface area contributed by atoms with Gasteiger partial charge in [0.2, 0.25) is 0 Å². The zero-order valence-corrected chi connectivity index (χ0v) is 9.29. The second-order valence-corrected chi connectivity index (χ2v) is 4.01. The van der Waals surface area contributed by atoms with E-state index < -0.39 is 0 Å². The molecule has 15 heavy (non-hydrogen) atoms. The number of rotatable bonds is 4. The molecule has 0 spiro atoms. The van der Waals surface area contributed by atoms with E-state index in [1.165, 1.54) is 0 Å². The van der Waals surface area contributed by atoms with E-state index in [2.05, 4.69) is 20.3 Å². The molecular weight excluding hydrogens is 208 g/mol. The van der Waals surface area contributed by atoms with E-state index in [9.17, 15) is 0 Å². The van der Waals surface area contributed by atoms with Gasteiger partial charge in [0, 0.05) is 30.6 Å². The molecule has 0 aliphatic rings. The van der Waals surface area contributed by atoms with Crippen LogP contribution in [-0.4, -0.2) is 21.5 Å². The van der Waals surface area contributed by atoms with Crippen molar-refractivity contribution < 1.29 is 0 Å². The highest BCUT2D eigenvalue weighted by Crippen LogP contribution is 2.11. The summed E-state index contributed by atoms with van der Waals surface area (Å²) in [6.45, 7) is 2.91. The van der Waals surface area contributed by atoms with Crippen LogP contribution in [0.2, 0.25) is 0 Å². The van der Waals surface area contributed by atoms with Crippen LogP contribution in [0.15, 0.2) is 24.0 Å². The molecule has 0 unspecified atom stereocenters. The predicted octanol–water partition coefficient (Wildman–Crippen LogP) is 1.96. The van der Waals surface area contributed by atoms with E-state index in [4.69, 9.17) is 0 Å². The Hall–Kier alpha value is -1.49. The minimum atomic E-state index is 0.776. The first-order valence-corrected chi connectivity index (χ1v) is 5.69. The van der Waals surface area contributed by atoms with E-state index in [1.807, 2.05) is 24.6 Å². The third-order valence-electron chi connectivity index (χ3n) is 1.90. The van der Waals surface area contributed by atoms with Gasteiger partial charge in [-0.25, -0.2) is 15.0 Å². The van der Waals surface area contributed by atoms with Crippen LogP contribution < -0.4 is 5.32 Å². The highest BCUT2D eigenvalue weighted by atomic mass is 32.1. The molecule has 1 N–H and O–H groups in total. The molecule has 2 rings (SSSR count). The van der Waals surface area contributed by atoms with Crippen molar-refractivity contribution in [1.82, 2.24) is 15.0 Å². The summed E-state index contributed by atoms with van der Waals surface area (Å²) in [6.07, 6.45) is 4.17. The van der Waals surface area contributed by atoms with Crippen LogP contribution in [0.4, 0.5) is 5.82 Å². The maximum absolute atomic E-state index is 4.22. The Kier molecular flexibility index (Phi) is 3.24. The smallest absolute Gasteiger partial charge is 0.129 e. The Labute approximate surface area is 92.4 Å². The van der Waals surface area contributed by atoms with Gasteiger partial charge in [-0.15, -0.1) is 11.3 Å². The Bertz CT molecular complexity index is 413. The van der Waals surface area contributed by atoms with E-state index in [0.29, 0.717) is 0 Å². The zero-order chi connectivity index (χ0) is 10.5. The lowest BCUT2D eigenvalue weighted by Crippen LogP contribution is -2.01. The maximum Gasteiger partial charge on any atom is 0.129 e. The number of nitrogens with zero attached hydrogens (tertiary/aromatic N) is 3. The fraction of sp³-hybridized carbons (Fsp3) is 0.300. The van der Waals surface area contributed by atoms with Crippen molar-refractivity contribution in [2.75, 3.05) is 11.9 Å². The molecule has 0 amide bonds. The van der Waals surface area contributed by atoms with Crippen LogP contribution in [0.5, 0.6) is 0 Å². The first-order valence-electron chi connectivity index (χ1n) is 4.81. The van der Waals surface area contributed by atoms with Gasteiger partial charge in [0.25, 0.3) is 0 Å². The third-order valence-corrected chi connectivity index (χ3v) is 2.68. The van der Waals surface area contributed by atoms with E-state index in [0.717, 1.165) is 29.5 Å². The summed E-state index contributed by atoms with van der Waals surface area (Å²) in [5.74, 6) is 0.874. The number of nitrogens with one attached hydrogen (secondary N) is 1. The fourth-order valence-electron chi connectivity index (χ4n) is 1.27. The number of anilines is 1. The Morgan fingerprint density at radius 1 is 1.33 bits per heavy atom. The molecule has 4 nitrogen and oxygen atoms in total. The van der Waals surface area contributed by atoms with Crippen molar-refractivity contribution in [3.63, 3.8) is 0 Å². The van der Waals surface area contributed by atoms with Gasteiger partial charge in [-0.1, -0.05) is 0 Å². The Balaban J connectivity index is 2.11. The van der Waals surface area contributed by atoms with Gasteiger partial charge in [-0.05, 0) is 6.92 Å². The summed E-state index contributed by atoms with van der Waals surface area (Å²) < 4.78 is 0. The normalized spacial score (nSPS) is 10.2. The maximum atomic E-state index is 4.22. The van der Waals surface area contributed by atoms with Gasteiger partial charge in [0.1, 0.15) is 12.1 Å². The molecule has 78 valence electrons. The minimum Gasteiger partial charge on any atom is -0.370 e. The topological polar surface area (TPSA) is 50.7 Å². The van der Waals surface area contributed by atoms with Crippen molar-refractivity contribution in [2.24, 2.45) is 0 Å². The molecule has 0 aliphatic heterocycles. The molecule has 0 atom stereocenters. The molecule has 5 heteroatoms. The Morgan fingerprint density at radius 2 is 2.27 bits per heavy atom. The zero-order valence-electron chi connectivity index (χ0n) is 8.47. The van der Waals surface area contributed by atoms with Crippen LogP contribution in [0.3, 0.4) is 0 Å². The molecule has 2 aromatic heterocycles. The lowest BCUT2D eigenvalue weighted by atomic mass is 10.3. The van der Waals surface area contributed by atoms with Crippen LogP contribution in [0.1, 0.15) is 17.6 Å². The number of hydrogen-bond donors (Lipinski definition) is 1. The van der Waals surface area contributed by atoms with Gasteiger partial charge in [0.05, 0.1) is 10.7 Å². The summed E-state index contributed by atoms with van der Waals surface area (Å²) in [5, 5.41) is 6.21. The molecule has 0 aliphatic carbocycles. The molecule has 2 heterocycles. The van der Waals surface area contributed by atoms with Crippen LogP contribution >= 0.6 is 11.3 Å². The third kappa shape index (κ3) is 2.73. The molecule has 0 saturated carbocycles. The van der Waals surface area contributed by atoms with Gasteiger partial charge in [-0.2, -0.15) is 0 Å². The van der Waals surface area contributed by atoms with E-state index >= 15 is 0 Å². The lowest BCUT2D eigenvalue weighted by molar-refractivity contribution is 1.01. The highest BCUT2D eigenvalue weighted by molar-refractivity contribution is 7.09. The highest BCUT2D eigenvalue weighted by Gasteiger charge is 2.01. The lowest BCUT2D eigenvalue weighted by Gasteiger charge is -2.02. The monoisotopic (exact) mass is 220 g/mol. The van der Waals surface area contributed by atoms with Gasteiger partial charge in [0.15, 0.2) is 0 Å². The van der Waals surface area contributed by atoms with Crippen molar-refractivity contribution in [1.29, 1.82) is 0 Å². The number of thiazole rings is 1. The molecule has 0 aromatic carbocycles. The summed E-state index contributed by atoms with van der Waals surface area (Å²) in [4.78, 5) is 12.6. The fourth-order valence-corrected chi connectivity index (χ4v) is 1.90. The average molecular weight is 220 g/mol. The van der Waals surface area contributed by atoms with Crippen LogP contribution in [-0.2, 0) is 6.42 Å². The largest absolute Gasteiger partial charge is 0.370 e. The molecule has 0 fully saturated rings. The van der Waals surface area contributed by atoms with Crippen molar-refractivity contribution in [2.45, 2.75) is 13.3 Å². The SMILES string of the molecule is CCNc1cc(Cc2nccs2)ncn1. The van der Waals surface area contributed by atoms with E-state index in [1.54, 1.807) is 17.7 Å².